The van der Waals surface area contributed by atoms with Crippen LogP contribution in [0.3, 0.4) is 0 Å². The van der Waals surface area contributed by atoms with Crippen molar-refractivity contribution in [2.45, 2.75) is 6.54 Å². The molecule has 0 saturated carbocycles. The molecule has 8 nitrogen and oxygen atoms in total. The van der Waals surface area contributed by atoms with Gasteiger partial charge in [0.1, 0.15) is 12.1 Å². The molecule has 0 atom stereocenters. The van der Waals surface area contributed by atoms with Crippen LogP contribution >= 0.6 is 0 Å². The van der Waals surface area contributed by atoms with E-state index in [9.17, 15) is 14.5 Å². The second-order valence-corrected chi connectivity index (χ2v) is 7.03. The predicted molar refractivity (Wildman–Crippen MR) is 112 cm³/mol. The number of hydrogen-bond acceptors (Lipinski definition) is 7. The number of piperazine rings is 1. The number of nitrogens with one attached hydrogen (secondary N) is 1. The summed E-state index contributed by atoms with van der Waals surface area (Å²) >= 11 is 0. The van der Waals surface area contributed by atoms with E-state index >= 15 is 0 Å². The smallest absolute Gasteiger partial charge is 0.348 e. The first kappa shape index (κ1) is 19.7. The van der Waals surface area contributed by atoms with E-state index in [1.165, 1.54) is 36.2 Å². The zero-order chi connectivity index (χ0) is 20.9. The molecule has 0 amide bonds. The number of nitrogens with zero attached hydrogens (tertiary/aromatic N) is 5. The van der Waals surface area contributed by atoms with Crippen LogP contribution in [0.15, 0.2) is 60.9 Å². The molecule has 1 aliphatic rings. The monoisotopic (exact) mass is 408 g/mol. The van der Waals surface area contributed by atoms with E-state index in [-0.39, 0.29) is 17.3 Å². The van der Waals surface area contributed by atoms with Gasteiger partial charge in [0.2, 0.25) is 11.6 Å². The zero-order valence-electron chi connectivity index (χ0n) is 16.2. The molecule has 0 aliphatic carbocycles. The van der Waals surface area contributed by atoms with Crippen molar-refractivity contribution >= 4 is 23.0 Å². The van der Waals surface area contributed by atoms with Crippen molar-refractivity contribution in [3.05, 3.63) is 82.4 Å². The molecule has 4 rings (SSSR count). The summed E-state index contributed by atoms with van der Waals surface area (Å²) < 4.78 is 13.1. The summed E-state index contributed by atoms with van der Waals surface area (Å²) in [5.41, 5.74) is 1.57. The Morgan fingerprint density at radius 1 is 1.00 bits per heavy atom. The summed E-state index contributed by atoms with van der Waals surface area (Å²) in [6.45, 7) is 3.65. The summed E-state index contributed by atoms with van der Waals surface area (Å²) in [4.78, 5) is 23.8. The van der Waals surface area contributed by atoms with Crippen LogP contribution in [-0.2, 0) is 6.54 Å². The first-order valence-electron chi connectivity index (χ1n) is 9.63. The van der Waals surface area contributed by atoms with E-state index in [1.54, 1.807) is 0 Å². The van der Waals surface area contributed by atoms with Crippen molar-refractivity contribution in [3.8, 4) is 0 Å². The second kappa shape index (κ2) is 8.83. The second-order valence-electron chi connectivity index (χ2n) is 7.03. The SMILES string of the molecule is O=[N+]([O-])c1c(Nc2ccc(F)cc2)ncnc1N1CCN(Cc2ccccc2)CC1. The van der Waals surface area contributed by atoms with Gasteiger partial charge in [-0.1, -0.05) is 30.3 Å². The Morgan fingerprint density at radius 3 is 2.37 bits per heavy atom. The van der Waals surface area contributed by atoms with Crippen LogP contribution in [0.2, 0.25) is 0 Å². The molecule has 2 aromatic carbocycles. The van der Waals surface area contributed by atoms with E-state index < -0.39 is 4.92 Å². The minimum atomic E-state index is -0.475. The summed E-state index contributed by atoms with van der Waals surface area (Å²) in [5.74, 6) is -0.00547. The molecule has 0 bridgehead atoms. The molecule has 0 radical (unpaired) electrons. The lowest BCUT2D eigenvalue weighted by molar-refractivity contribution is -0.383. The summed E-state index contributed by atoms with van der Waals surface area (Å²) in [7, 11) is 0. The maximum absolute atomic E-state index is 13.1. The maximum atomic E-state index is 13.1. The fourth-order valence-corrected chi connectivity index (χ4v) is 3.49. The number of hydrogen-bond donors (Lipinski definition) is 1. The number of rotatable bonds is 6. The molecule has 1 aliphatic heterocycles. The Kier molecular flexibility index (Phi) is 5.80. The van der Waals surface area contributed by atoms with Crippen molar-refractivity contribution in [1.82, 2.24) is 14.9 Å². The minimum Gasteiger partial charge on any atom is -0.348 e. The third-order valence-electron chi connectivity index (χ3n) is 5.01. The van der Waals surface area contributed by atoms with Crippen molar-refractivity contribution in [2.75, 3.05) is 36.4 Å². The highest BCUT2D eigenvalue weighted by molar-refractivity contribution is 5.74. The lowest BCUT2D eigenvalue weighted by atomic mass is 10.2. The van der Waals surface area contributed by atoms with Crippen LogP contribution in [0.1, 0.15) is 5.56 Å². The fourth-order valence-electron chi connectivity index (χ4n) is 3.49. The summed E-state index contributed by atoms with van der Waals surface area (Å²) in [6, 6.07) is 15.8. The van der Waals surface area contributed by atoms with Gasteiger partial charge in [-0.15, -0.1) is 0 Å². The number of aromatic nitrogens is 2. The Balaban J connectivity index is 1.50. The molecular formula is C21H21FN6O2. The molecule has 1 aromatic heterocycles. The van der Waals surface area contributed by atoms with Crippen LogP contribution in [0.25, 0.3) is 0 Å². The molecule has 9 heteroatoms. The molecule has 3 aromatic rings. The first-order valence-corrected chi connectivity index (χ1v) is 9.63. The quantitative estimate of drug-likeness (QED) is 0.493. The minimum absolute atomic E-state index is 0.0864. The van der Waals surface area contributed by atoms with Gasteiger partial charge in [0.15, 0.2) is 0 Å². The van der Waals surface area contributed by atoms with Gasteiger partial charge in [-0.05, 0) is 29.8 Å². The van der Waals surface area contributed by atoms with E-state index in [2.05, 4.69) is 32.3 Å². The van der Waals surface area contributed by atoms with Crippen molar-refractivity contribution < 1.29 is 9.31 Å². The highest BCUT2D eigenvalue weighted by Gasteiger charge is 2.29. The van der Waals surface area contributed by atoms with E-state index in [1.807, 2.05) is 23.1 Å². The van der Waals surface area contributed by atoms with Crippen molar-refractivity contribution in [2.24, 2.45) is 0 Å². The number of halogens is 1. The van der Waals surface area contributed by atoms with Gasteiger partial charge in [0, 0.05) is 38.4 Å². The number of anilines is 3. The van der Waals surface area contributed by atoms with Crippen molar-refractivity contribution in [1.29, 1.82) is 0 Å². The van der Waals surface area contributed by atoms with Gasteiger partial charge >= 0.3 is 5.69 Å². The predicted octanol–water partition coefficient (Wildman–Crippen LogP) is 3.59. The van der Waals surface area contributed by atoms with E-state index in [4.69, 9.17) is 0 Å². The van der Waals surface area contributed by atoms with Crippen LogP contribution < -0.4 is 10.2 Å². The lowest BCUT2D eigenvalue weighted by Crippen LogP contribution is -2.46. The number of nitro groups is 1. The Morgan fingerprint density at radius 2 is 1.70 bits per heavy atom. The number of benzene rings is 2. The van der Waals surface area contributed by atoms with Gasteiger partial charge in [-0.3, -0.25) is 15.0 Å². The summed E-state index contributed by atoms with van der Waals surface area (Å²) in [5, 5.41) is 14.7. The van der Waals surface area contributed by atoms with E-state index in [0.29, 0.717) is 24.6 Å². The molecule has 30 heavy (non-hydrogen) atoms. The van der Waals surface area contributed by atoms with Crippen LogP contribution in [0.4, 0.5) is 27.4 Å². The van der Waals surface area contributed by atoms with Gasteiger partial charge < -0.3 is 10.2 Å². The Bertz CT molecular complexity index is 1010. The van der Waals surface area contributed by atoms with Crippen LogP contribution in [0.5, 0.6) is 0 Å². The molecule has 154 valence electrons. The van der Waals surface area contributed by atoms with Gasteiger partial charge in [-0.25, -0.2) is 14.4 Å². The van der Waals surface area contributed by atoms with Gasteiger partial charge in [0.25, 0.3) is 0 Å². The highest BCUT2D eigenvalue weighted by Crippen LogP contribution is 2.34. The third kappa shape index (κ3) is 4.52. The average molecular weight is 408 g/mol. The maximum Gasteiger partial charge on any atom is 0.353 e. The standard InChI is InChI=1S/C21H21FN6O2/c22-17-6-8-18(9-7-17)25-20-19(28(29)30)21(24-15-23-20)27-12-10-26(11-13-27)14-16-4-2-1-3-5-16/h1-9,15H,10-14H2,(H,23,24,25). The average Bonchev–Trinajstić information content (AvgIpc) is 2.76. The molecule has 2 heterocycles. The molecule has 0 unspecified atom stereocenters. The lowest BCUT2D eigenvalue weighted by Gasteiger charge is -2.35. The van der Waals surface area contributed by atoms with Gasteiger partial charge in [0.05, 0.1) is 4.92 Å². The fraction of sp³-hybridized carbons (Fsp3) is 0.238. The normalized spacial score (nSPS) is 14.5. The Hall–Kier alpha value is -3.59. The molecular weight excluding hydrogens is 387 g/mol. The highest BCUT2D eigenvalue weighted by atomic mass is 19.1. The largest absolute Gasteiger partial charge is 0.353 e. The molecule has 1 saturated heterocycles. The van der Waals surface area contributed by atoms with Gasteiger partial charge in [-0.2, -0.15) is 0 Å². The molecule has 1 fully saturated rings. The van der Waals surface area contributed by atoms with E-state index in [0.717, 1.165) is 19.6 Å². The first-order chi connectivity index (χ1) is 14.6. The molecule has 1 N–H and O–H groups in total. The van der Waals surface area contributed by atoms with Crippen LogP contribution in [0, 0.1) is 15.9 Å². The zero-order valence-corrected chi connectivity index (χ0v) is 16.2. The topological polar surface area (TPSA) is 87.4 Å². The summed E-state index contributed by atoms with van der Waals surface area (Å²) in [6.07, 6.45) is 1.31. The Labute approximate surface area is 173 Å². The van der Waals surface area contributed by atoms with Crippen molar-refractivity contribution in [3.63, 3.8) is 0 Å². The van der Waals surface area contributed by atoms with Crippen LogP contribution in [-0.4, -0.2) is 46.0 Å². The third-order valence-corrected chi connectivity index (χ3v) is 5.01. The molecule has 0 spiro atoms.